The Morgan fingerprint density at radius 3 is 2.76 bits per heavy atom. The summed E-state index contributed by atoms with van der Waals surface area (Å²) in [4.78, 5) is 15.3. The highest BCUT2D eigenvalue weighted by Gasteiger charge is 2.21. The summed E-state index contributed by atoms with van der Waals surface area (Å²) in [5, 5.41) is 8.91. The third kappa shape index (κ3) is 2.59. The Morgan fingerprint density at radius 1 is 1.35 bits per heavy atom. The van der Waals surface area contributed by atoms with Gasteiger partial charge in [-0.3, -0.25) is 4.79 Å². The Labute approximate surface area is 109 Å². The van der Waals surface area contributed by atoms with E-state index in [9.17, 15) is 4.79 Å². The van der Waals surface area contributed by atoms with E-state index in [1.54, 1.807) is 18.0 Å². The van der Waals surface area contributed by atoms with Crippen molar-refractivity contribution >= 4 is 27.5 Å². The standard InChI is InChI=1S/C12H12BrN3O/c1-15-2-3-16(8-12(15)17)11-5-9(7-14)4-10(13)6-11/h4-6H,2-3,8H2,1H3. The molecule has 0 spiro atoms. The second kappa shape index (κ2) is 4.76. The summed E-state index contributed by atoms with van der Waals surface area (Å²) in [5.41, 5.74) is 1.51. The maximum atomic E-state index is 11.6. The fourth-order valence-electron chi connectivity index (χ4n) is 1.80. The highest BCUT2D eigenvalue weighted by molar-refractivity contribution is 9.10. The van der Waals surface area contributed by atoms with E-state index in [0.29, 0.717) is 18.7 Å². The van der Waals surface area contributed by atoms with E-state index in [1.165, 1.54) is 0 Å². The summed E-state index contributed by atoms with van der Waals surface area (Å²) in [7, 11) is 1.81. The molecule has 0 saturated carbocycles. The molecule has 0 atom stereocenters. The predicted molar refractivity (Wildman–Crippen MR) is 68.7 cm³/mol. The Hall–Kier alpha value is -1.54. The number of likely N-dealkylation sites (N-methyl/N-ethyl adjacent to an activating group) is 1. The van der Waals surface area contributed by atoms with E-state index in [4.69, 9.17) is 5.26 Å². The van der Waals surface area contributed by atoms with Gasteiger partial charge in [-0.15, -0.1) is 0 Å². The van der Waals surface area contributed by atoms with E-state index in [-0.39, 0.29) is 5.91 Å². The van der Waals surface area contributed by atoms with E-state index in [1.807, 2.05) is 17.0 Å². The molecule has 88 valence electrons. The van der Waals surface area contributed by atoms with Gasteiger partial charge in [-0.05, 0) is 18.2 Å². The third-order valence-electron chi connectivity index (χ3n) is 2.83. The largest absolute Gasteiger partial charge is 0.360 e. The number of hydrogen-bond acceptors (Lipinski definition) is 3. The molecule has 2 rings (SSSR count). The van der Waals surface area contributed by atoms with Gasteiger partial charge < -0.3 is 9.80 Å². The molecule has 0 unspecified atom stereocenters. The smallest absolute Gasteiger partial charge is 0.241 e. The predicted octanol–water partition coefficient (Wildman–Crippen LogP) is 1.60. The lowest BCUT2D eigenvalue weighted by molar-refractivity contribution is -0.129. The molecule has 1 fully saturated rings. The Kier molecular flexibility index (Phi) is 3.34. The quantitative estimate of drug-likeness (QED) is 0.790. The highest BCUT2D eigenvalue weighted by Crippen LogP contribution is 2.23. The van der Waals surface area contributed by atoms with Crippen molar-refractivity contribution in [3.63, 3.8) is 0 Å². The van der Waals surface area contributed by atoms with Crippen LogP contribution in [0.25, 0.3) is 0 Å². The van der Waals surface area contributed by atoms with Crippen LogP contribution in [0.15, 0.2) is 22.7 Å². The van der Waals surface area contributed by atoms with Gasteiger partial charge >= 0.3 is 0 Å². The molecule has 0 aromatic heterocycles. The van der Waals surface area contributed by atoms with Crippen LogP contribution in [-0.4, -0.2) is 37.5 Å². The van der Waals surface area contributed by atoms with Crippen molar-refractivity contribution in [2.75, 3.05) is 31.6 Å². The SMILES string of the molecule is CN1CCN(c2cc(Br)cc(C#N)c2)CC1=O. The van der Waals surface area contributed by atoms with Gasteiger partial charge in [-0.25, -0.2) is 0 Å². The molecule has 1 amide bonds. The first-order valence-corrected chi connectivity index (χ1v) is 6.09. The summed E-state index contributed by atoms with van der Waals surface area (Å²) in [6, 6.07) is 7.62. The van der Waals surface area contributed by atoms with Crippen LogP contribution in [-0.2, 0) is 4.79 Å². The molecule has 4 nitrogen and oxygen atoms in total. The molecule has 0 N–H and O–H groups in total. The van der Waals surface area contributed by atoms with Gasteiger partial charge in [0.25, 0.3) is 0 Å². The first kappa shape index (κ1) is 11.9. The number of piperazine rings is 1. The summed E-state index contributed by atoms with van der Waals surface area (Å²) < 4.78 is 0.859. The zero-order chi connectivity index (χ0) is 12.4. The first-order valence-electron chi connectivity index (χ1n) is 5.30. The maximum Gasteiger partial charge on any atom is 0.241 e. The molecule has 0 aliphatic carbocycles. The number of hydrogen-bond donors (Lipinski definition) is 0. The second-order valence-corrected chi connectivity index (χ2v) is 4.96. The third-order valence-corrected chi connectivity index (χ3v) is 3.29. The van der Waals surface area contributed by atoms with Crippen molar-refractivity contribution in [2.24, 2.45) is 0 Å². The van der Waals surface area contributed by atoms with Crippen LogP contribution in [0.3, 0.4) is 0 Å². The van der Waals surface area contributed by atoms with Crippen LogP contribution in [0.2, 0.25) is 0 Å². The molecule has 17 heavy (non-hydrogen) atoms. The molecule has 0 radical (unpaired) electrons. The van der Waals surface area contributed by atoms with Crippen LogP contribution in [0.4, 0.5) is 5.69 Å². The molecule has 1 aliphatic rings. The molecule has 1 aliphatic heterocycles. The van der Waals surface area contributed by atoms with Crippen molar-refractivity contribution < 1.29 is 4.79 Å². The van der Waals surface area contributed by atoms with Gasteiger partial charge in [0.1, 0.15) is 0 Å². The van der Waals surface area contributed by atoms with Gasteiger partial charge in [-0.1, -0.05) is 15.9 Å². The number of rotatable bonds is 1. The minimum Gasteiger partial charge on any atom is -0.360 e. The maximum absolute atomic E-state index is 11.6. The lowest BCUT2D eigenvalue weighted by atomic mass is 10.2. The van der Waals surface area contributed by atoms with E-state index in [2.05, 4.69) is 22.0 Å². The van der Waals surface area contributed by atoms with Crippen molar-refractivity contribution in [1.82, 2.24) is 4.90 Å². The van der Waals surface area contributed by atoms with E-state index >= 15 is 0 Å². The molecular weight excluding hydrogens is 282 g/mol. The molecule has 0 bridgehead atoms. The first-order chi connectivity index (χ1) is 8.10. The van der Waals surface area contributed by atoms with Crippen LogP contribution < -0.4 is 4.90 Å². The summed E-state index contributed by atoms with van der Waals surface area (Å²) in [6.07, 6.45) is 0. The summed E-state index contributed by atoms with van der Waals surface area (Å²) >= 11 is 3.37. The van der Waals surface area contributed by atoms with Gasteiger partial charge in [-0.2, -0.15) is 5.26 Å². The van der Waals surface area contributed by atoms with Gasteiger partial charge in [0.05, 0.1) is 18.2 Å². The number of carbonyl (C=O) groups is 1. The Bertz CT molecular complexity index is 495. The number of nitrogens with zero attached hydrogens (tertiary/aromatic N) is 3. The van der Waals surface area contributed by atoms with Crippen molar-refractivity contribution in [3.05, 3.63) is 28.2 Å². The Balaban J connectivity index is 2.26. The van der Waals surface area contributed by atoms with E-state index < -0.39 is 0 Å². The number of benzene rings is 1. The fraction of sp³-hybridized carbons (Fsp3) is 0.333. The van der Waals surface area contributed by atoms with E-state index in [0.717, 1.165) is 16.7 Å². The van der Waals surface area contributed by atoms with Crippen molar-refractivity contribution in [3.8, 4) is 6.07 Å². The average Bonchev–Trinajstić information content (AvgIpc) is 2.32. The van der Waals surface area contributed by atoms with Crippen LogP contribution >= 0.6 is 15.9 Å². The number of carbonyl (C=O) groups excluding carboxylic acids is 1. The zero-order valence-corrected chi connectivity index (χ0v) is 11.1. The lowest BCUT2D eigenvalue weighted by Gasteiger charge is -2.33. The monoisotopic (exact) mass is 293 g/mol. The number of halogens is 1. The minimum atomic E-state index is 0.106. The number of amides is 1. The lowest BCUT2D eigenvalue weighted by Crippen LogP contribution is -2.48. The Morgan fingerprint density at radius 2 is 2.12 bits per heavy atom. The normalized spacial score (nSPS) is 15.9. The van der Waals surface area contributed by atoms with Crippen molar-refractivity contribution in [2.45, 2.75) is 0 Å². The van der Waals surface area contributed by atoms with Gasteiger partial charge in [0.15, 0.2) is 0 Å². The highest BCUT2D eigenvalue weighted by atomic mass is 79.9. The van der Waals surface area contributed by atoms with Crippen LogP contribution in [0, 0.1) is 11.3 Å². The molecule has 1 saturated heterocycles. The summed E-state index contributed by atoms with van der Waals surface area (Å²) in [6.45, 7) is 1.88. The molecular formula is C12H12BrN3O. The molecule has 5 heteroatoms. The second-order valence-electron chi connectivity index (χ2n) is 4.05. The number of anilines is 1. The molecule has 1 aromatic carbocycles. The minimum absolute atomic E-state index is 0.106. The number of nitriles is 1. The fourth-order valence-corrected chi connectivity index (χ4v) is 2.28. The van der Waals surface area contributed by atoms with Gasteiger partial charge in [0.2, 0.25) is 5.91 Å². The van der Waals surface area contributed by atoms with Crippen LogP contribution in [0.5, 0.6) is 0 Å². The van der Waals surface area contributed by atoms with Gasteiger partial charge in [0, 0.05) is 30.3 Å². The zero-order valence-electron chi connectivity index (χ0n) is 9.48. The summed E-state index contributed by atoms with van der Waals surface area (Å²) in [5.74, 6) is 0.106. The topological polar surface area (TPSA) is 47.3 Å². The van der Waals surface area contributed by atoms with Crippen molar-refractivity contribution in [1.29, 1.82) is 5.26 Å². The molecule has 1 aromatic rings. The average molecular weight is 294 g/mol. The molecule has 1 heterocycles. The van der Waals surface area contributed by atoms with Crippen LogP contribution in [0.1, 0.15) is 5.56 Å².